The quantitative estimate of drug-likeness (QED) is 0.794. The maximum Gasteiger partial charge on any atom is 0.119 e. The van der Waals surface area contributed by atoms with Crippen LogP contribution in [0.2, 0.25) is 0 Å². The van der Waals surface area contributed by atoms with Gasteiger partial charge in [0, 0.05) is 6.04 Å². The van der Waals surface area contributed by atoms with Crippen LogP contribution in [0.1, 0.15) is 24.5 Å². The Balaban J connectivity index is 1.94. The Morgan fingerprint density at radius 1 is 1.00 bits per heavy atom. The van der Waals surface area contributed by atoms with E-state index in [1.807, 2.05) is 6.07 Å². The number of benzene rings is 2. The smallest absolute Gasteiger partial charge is 0.119 e. The summed E-state index contributed by atoms with van der Waals surface area (Å²) < 4.78 is 5.31. The summed E-state index contributed by atoms with van der Waals surface area (Å²) in [5.74, 6) is 0.936. The molecule has 2 aromatic rings. The Morgan fingerprint density at radius 2 is 1.76 bits per heavy atom. The molecule has 0 radical (unpaired) electrons. The van der Waals surface area contributed by atoms with Gasteiger partial charge in [0.05, 0.1) is 7.11 Å². The first kappa shape index (κ1) is 15.6. The number of hydrogen-bond acceptors (Lipinski definition) is 2. The molecule has 0 fully saturated rings. The molecule has 21 heavy (non-hydrogen) atoms. The summed E-state index contributed by atoms with van der Waals surface area (Å²) in [5, 5.41) is 3.60. The number of aryl methyl sites for hydroxylation is 1. The van der Waals surface area contributed by atoms with Crippen LogP contribution >= 0.6 is 0 Å². The molecule has 2 nitrogen and oxygen atoms in total. The van der Waals surface area contributed by atoms with Gasteiger partial charge in [-0.05, 0) is 49.1 Å². The minimum absolute atomic E-state index is 0.502. The van der Waals surface area contributed by atoms with E-state index in [2.05, 4.69) is 60.8 Å². The van der Waals surface area contributed by atoms with Crippen molar-refractivity contribution in [3.8, 4) is 5.75 Å². The van der Waals surface area contributed by atoms with Gasteiger partial charge in [0.2, 0.25) is 0 Å². The van der Waals surface area contributed by atoms with Gasteiger partial charge in [0.1, 0.15) is 5.75 Å². The van der Waals surface area contributed by atoms with E-state index in [0.717, 1.165) is 31.6 Å². The van der Waals surface area contributed by atoms with Gasteiger partial charge in [-0.15, -0.1) is 0 Å². The zero-order valence-corrected chi connectivity index (χ0v) is 13.0. The highest BCUT2D eigenvalue weighted by Crippen LogP contribution is 2.16. The Bertz CT molecular complexity index is 524. The van der Waals surface area contributed by atoms with Crippen molar-refractivity contribution in [3.05, 3.63) is 65.7 Å². The van der Waals surface area contributed by atoms with Crippen molar-refractivity contribution >= 4 is 0 Å². The second-order valence-corrected chi connectivity index (χ2v) is 5.33. The third kappa shape index (κ3) is 5.24. The summed E-state index contributed by atoms with van der Waals surface area (Å²) in [6.45, 7) is 3.17. The summed E-state index contributed by atoms with van der Waals surface area (Å²) in [5.41, 5.74) is 2.74. The van der Waals surface area contributed by atoms with Crippen molar-refractivity contribution in [3.63, 3.8) is 0 Å². The zero-order chi connectivity index (χ0) is 14.9. The molecule has 0 amide bonds. The number of likely N-dealkylation sites (N-methyl/N-ethyl adjacent to an activating group) is 1. The van der Waals surface area contributed by atoms with Crippen molar-refractivity contribution < 1.29 is 4.74 Å². The fourth-order valence-electron chi connectivity index (χ4n) is 2.63. The summed E-state index contributed by atoms with van der Waals surface area (Å²) in [6.07, 6.45) is 3.30. The van der Waals surface area contributed by atoms with Crippen LogP contribution in [0.3, 0.4) is 0 Å². The number of rotatable bonds is 8. The number of nitrogens with one attached hydrogen (secondary N) is 1. The van der Waals surface area contributed by atoms with Crippen molar-refractivity contribution in [2.24, 2.45) is 0 Å². The van der Waals surface area contributed by atoms with Gasteiger partial charge in [0.15, 0.2) is 0 Å². The highest BCUT2D eigenvalue weighted by Gasteiger charge is 2.09. The van der Waals surface area contributed by atoms with Gasteiger partial charge in [-0.25, -0.2) is 0 Å². The van der Waals surface area contributed by atoms with Gasteiger partial charge in [-0.1, -0.05) is 49.4 Å². The van der Waals surface area contributed by atoms with Crippen LogP contribution in [-0.2, 0) is 12.8 Å². The molecule has 0 heterocycles. The molecule has 1 N–H and O–H groups in total. The van der Waals surface area contributed by atoms with Gasteiger partial charge in [-0.2, -0.15) is 0 Å². The zero-order valence-electron chi connectivity index (χ0n) is 13.0. The molecule has 0 saturated heterocycles. The molecule has 2 heteroatoms. The molecule has 0 aliphatic rings. The SMILES string of the molecule is CCNC(CCc1ccccc1)Cc1cccc(OC)c1. The van der Waals surface area contributed by atoms with E-state index in [1.165, 1.54) is 11.1 Å². The Labute approximate surface area is 128 Å². The summed E-state index contributed by atoms with van der Waals surface area (Å²) in [7, 11) is 1.72. The molecule has 1 unspecified atom stereocenters. The molecule has 0 aromatic heterocycles. The van der Waals surface area contributed by atoms with Gasteiger partial charge in [0.25, 0.3) is 0 Å². The highest BCUT2D eigenvalue weighted by molar-refractivity contribution is 5.29. The standard InChI is InChI=1S/C19H25NO/c1-3-20-18(13-12-16-8-5-4-6-9-16)14-17-10-7-11-19(15-17)21-2/h4-11,15,18,20H,3,12-14H2,1-2H3. The maximum absolute atomic E-state index is 5.31. The molecule has 0 spiro atoms. The number of ether oxygens (including phenoxy) is 1. The average molecular weight is 283 g/mol. The largest absolute Gasteiger partial charge is 0.497 e. The van der Waals surface area contributed by atoms with E-state index in [-0.39, 0.29) is 0 Å². The van der Waals surface area contributed by atoms with E-state index < -0.39 is 0 Å². The minimum Gasteiger partial charge on any atom is -0.497 e. The van der Waals surface area contributed by atoms with Crippen LogP contribution in [0, 0.1) is 0 Å². The van der Waals surface area contributed by atoms with Crippen LogP contribution in [0.25, 0.3) is 0 Å². The third-order valence-corrected chi connectivity index (χ3v) is 3.73. The van der Waals surface area contributed by atoms with Gasteiger partial charge in [-0.3, -0.25) is 0 Å². The second kappa shape index (κ2) is 8.48. The van der Waals surface area contributed by atoms with Crippen molar-refractivity contribution in [1.82, 2.24) is 5.32 Å². The Morgan fingerprint density at radius 3 is 2.48 bits per heavy atom. The first-order valence-electron chi connectivity index (χ1n) is 7.72. The minimum atomic E-state index is 0.502. The molecule has 2 aromatic carbocycles. The molecule has 0 aliphatic carbocycles. The van der Waals surface area contributed by atoms with Crippen LogP contribution in [0.4, 0.5) is 0 Å². The number of hydrogen-bond donors (Lipinski definition) is 1. The summed E-state index contributed by atoms with van der Waals surface area (Å²) >= 11 is 0. The van der Waals surface area contributed by atoms with E-state index in [9.17, 15) is 0 Å². The molecule has 0 bridgehead atoms. The second-order valence-electron chi connectivity index (χ2n) is 5.33. The Kier molecular flexibility index (Phi) is 6.29. The van der Waals surface area contributed by atoms with Gasteiger partial charge < -0.3 is 10.1 Å². The molecule has 2 rings (SSSR count). The lowest BCUT2D eigenvalue weighted by atomic mass is 9.99. The molecule has 0 aliphatic heterocycles. The lowest BCUT2D eigenvalue weighted by Crippen LogP contribution is -2.31. The van der Waals surface area contributed by atoms with Crippen molar-refractivity contribution in [2.75, 3.05) is 13.7 Å². The van der Waals surface area contributed by atoms with Crippen LogP contribution in [0.5, 0.6) is 5.75 Å². The normalized spacial score (nSPS) is 12.1. The fourth-order valence-corrected chi connectivity index (χ4v) is 2.63. The lowest BCUT2D eigenvalue weighted by Gasteiger charge is -2.18. The summed E-state index contributed by atoms with van der Waals surface area (Å²) in [6, 6.07) is 19.6. The molecular weight excluding hydrogens is 258 g/mol. The highest BCUT2D eigenvalue weighted by atomic mass is 16.5. The van der Waals surface area contributed by atoms with E-state index >= 15 is 0 Å². The molecule has 1 atom stereocenters. The van der Waals surface area contributed by atoms with Crippen molar-refractivity contribution in [1.29, 1.82) is 0 Å². The lowest BCUT2D eigenvalue weighted by molar-refractivity contribution is 0.413. The monoisotopic (exact) mass is 283 g/mol. The van der Waals surface area contributed by atoms with Crippen molar-refractivity contribution in [2.45, 2.75) is 32.2 Å². The predicted octanol–water partition coefficient (Wildman–Crippen LogP) is 3.85. The van der Waals surface area contributed by atoms with Crippen LogP contribution in [0.15, 0.2) is 54.6 Å². The Hall–Kier alpha value is -1.80. The first-order chi connectivity index (χ1) is 10.3. The maximum atomic E-state index is 5.31. The number of methoxy groups -OCH3 is 1. The average Bonchev–Trinajstić information content (AvgIpc) is 2.54. The third-order valence-electron chi connectivity index (χ3n) is 3.73. The van der Waals surface area contributed by atoms with Crippen LogP contribution in [-0.4, -0.2) is 19.7 Å². The predicted molar refractivity (Wildman–Crippen MR) is 88.9 cm³/mol. The molecule has 0 saturated carbocycles. The van der Waals surface area contributed by atoms with E-state index in [0.29, 0.717) is 6.04 Å². The first-order valence-corrected chi connectivity index (χ1v) is 7.72. The fraction of sp³-hybridized carbons (Fsp3) is 0.368. The van der Waals surface area contributed by atoms with E-state index in [1.54, 1.807) is 7.11 Å². The topological polar surface area (TPSA) is 21.3 Å². The molecular formula is C19H25NO. The molecule has 112 valence electrons. The van der Waals surface area contributed by atoms with Gasteiger partial charge >= 0.3 is 0 Å². The summed E-state index contributed by atoms with van der Waals surface area (Å²) in [4.78, 5) is 0. The van der Waals surface area contributed by atoms with Crippen LogP contribution < -0.4 is 10.1 Å². The van der Waals surface area contributed by atoms with E-state index in [4.69, 9.17) is 4.74 Å².